The molecule has 0 aromatic heterocycles. The van der Waals surface area contributed by atoms with Gasteiger partial charge in [-0.1, -0.05) is 39.5 Å². The predicted octanol–water partition coefficient (Wildman–Crippen LogP) is 2.95. The first-order valence-electron chi connectivity index (χ1n) is 6.91. The first-order valence-corrected chi connectivity index (χ1v) is 6.91. The van der Waals surface area contributed by atoms with Gasteiger partial charge in [-0.25, -0.2) is 0 Å². The summed E-state index contributed by atoms with van der Waals surface area (Å²) in [5.74, 6) is 1.30. The molecule has 0 aliphatic heterocycles. The number of nitrogens with one attached hydrogen (secondary N) is 1. The Morgan fingerprint density at radius 3 is 2.44 bits per heavy atom. The SMILES string of the molecule is CCC(C)C(C)(O)CNC(C)CC1CCC1. The van der Waals surface area contributed by atoms with E-state index in [4.69, 9.17) is 0 Å². The van der Waals surface area contributed by atoms with Crippen LogP contribution in [0.2, 0.25) is 0 Å². The van der Waals surface area contributed by atoms with Gasteiger partial charge in [-0.2, -0.15) is 0 Å². The van der Waals surface area contributed by atoms with Crippen molar-refractivity contribution in [3.8, 4) is 0 Å². The van der Waals surface area contributed by atoms with Crippen LogP contribution in [0, 0.1) is 11.8 Å². The summed E-state index contributed by atoms with van der Waals surface area (Å²) in [5, 5.41) is 13.8. The minimum Gasteiger partial charge on any atom is -0.389 e. The molecule has 0 radical (unpaired) electrons. The molecule has 0 spiro atoms. The summed E-state index contributed by atoms with van der Waals surface area (Å²) in [6.07, 6.45) is 6.55. The highest BCUT2D eigenvalue weighted by Gasteiger charge is 2.27. The average Bonchev–Trinajstić information content (AvgIpc) is 2.19. The number of aliphatic hydroxyl groups is 1. The van der Waals surface area contributed by atoms with Crippen LogP contribution in [0.4, 0.5) is 0 Å². The molecule has 3 atom stereocenters. The molecule has 0 aromatic rings. The van der Waals surface area contributed by atoms with Crippen LogP contribution in [0.5, 0.6) is 0 Å². The highest BCUT2D eigenvalue weighted by atomic mass is 16.3. The molecule has 96 valence electrons. The molecule has 1 saturated carbocycles. The first kappa shape index (κ1) is 14.0. The molecule has 2 heteroatoms. The summed E-state index contributed by atoms with van der Waals surface area (Å²) in [7, 11) is 0. The second-order valence-electron chi connectivity index (χ2n) is 5.98. The van der Waals surface area contributed by atoms with Crippen molar-refractivity contribution < 1.29 is 5.11 Å². The van der Waals surface area contributed by atoms with Crippen LogP contribution in [0.3, 0.4) is 0 Å². The van der Waals surface area contributed by atoms with Gasteiger partial charge in [0.2, 0.25) is 0 Å². The van der Waals surface area contributed by atoms with Crippen molar-refractivity contribution in [2.75, 3.05) is 6.54 Å². The van der Waals surface area contributed by atoms with E-state index in [1.165, 1.54) is 25.7 Å². The zero-order valence-electron chi connectivity index (χ0n) is 11.4. The standard InChI is InChI=1S/C14H29NO/c1-5-11(2)14(4,16)10-15-12(3)9-13-7-6-8-13/h11-13,15-16H,5-10H2,1-4H3. The first-order chi connectivity index (χ1) is 7.45. The molecule has 0 saturated heterocycles. The molecule has 0 amide bonds. The highest BCUT2D eigenvalue weighted by molar-refractivity contribution is 4.83. The predicted molar refractivity (Wildman–Crippen MR) is 69.5 cm³/mol. The molecule has 1 aliphatic rings. The lowest BCUT2D eigenvalue weighted by molar-refractivity contribution is 0.00280. The lowest BCUT2D eigenvalue weighted by Gasteiger charge is -2.33. The quantitative estimate of drug-likeness (QED) is 0.701. The minimum atomic E-state index is -0.567. The zero-order valence-corrected chi connectivity index (χ0v) is 11.4. The van der Waals surface area contributed by atoms with Crippen molar-refractivity contribution in [3.05, 3.63) is 0 Å². The van der Waals surface area contributed by atoms with Crippen molar-refractivity contribution in [1.82, 2.24) is 5.32 Å². The Balaban J connectivity index is 2.21. The molecular weight excluding hydrogens is 198 g/mol. The summed E-state index contributed by atoms with van der Waals surface area (Å²) < 4.78 is 0. The molecule has 16 heavy (non-hydrogen) atoms. The fourth-order valence-corrected chi connectivity index (χ4v) is 2.31. The van der Waals surface area contributed by atoms with Gasteiger partial charge < -0.3 is 10.4 Å². The van der Waals surface area contributed by atoms with E-state index in [9.17, 15) is 5.11 Å². The molecule has 0 heterocycles. The van der Waals surface area contributed by atoms with Gasteiger partial charge in [0.25, 0.3) is 0 Å². The van der Waals surface area contributed by atoms with E-state index in [0.29, 0.717) is 12.0 Å². The van der Waals surface area contributed by atoms with Gasteiger partial charge >= 0.3 is 0 Å². The molecule has 2 nitrogen and oxygen atoms in total. The fraction of sp³-hybridized carbons (Fsp3) is 1.00. The van der Waals surface area contributed by atoms with Gasteiger partial charge in [0.05, 0.1) is 5.60 Å². The van der Waals surface area contributed by atoms with Gasteiger partial charge in [0.1, 0.15) is 0 Å². The van der Waals surface area contributed by atoms with Crippen molar-refractivity contribution in [1.29, 1.82) is 0 Å². The van der Waals surface area contributed by atoms with Gasteiger partial charge in [-0.15, -0.1) is 0 Å². The van der Waals surface area contributed by atoms with Crippen LogP contribution < -0.4 is 5.32 Å². The van der Waals surface area contributed by atoms with Crippen LogP contribution in [-0.2, 0) is 0 Å². The van der Waals surface area contributed by atoms with Gasteiger partial charge in [0.15, 0.2) is 0 Å². The number of hydrogen-bond donors (Lipinski definition) is 2. The second-order valence-corrected chi connectivity index (χ2v) is 5.98. The topological polar surface area (TPSA) is 32.3 Å². The average molecular weight is 227 g/mol. The zero-order chi connectivity index (χ0) is 12.2. The van der Waals surface area contributed by atoms with Gasteiger partial charge in [0, 0.05) is 12.6 Å². The Kier molecular flexibility index (Phi) is 5.26. The third-order valence-corrected chi connectivity index (χ3v) is 4.39. The smallest absolute Gasteiger partial charge is 0.0768 e. The maximum absolute atomic E-state index is 10.3. The molecule has 3 unspecified atom stereocenters. The van der Waals surface area contributed by atoms with Crippen molar-refractivity contribution in [3.63, 3.8) is 0 Å². The summed E-state index contributed by atoms with van der Waals surface area (Å²) in [6, 6.07) is 0.542. The molecule has 2 N–H and O–H groups in total. The Labute approximate surface area is 101 Å². The van der Waals surface area contributed by atoms with Gasteiger partial charge in [-0.05, 0) is 32.1 Å². The van der Waals surface area contributed by atoms with E-state index in [2.05, 4.69) is 26.1 Å². The maximum atomic E-state index is 10.3. The van der Waals surface area contributed by atoms with E-state index >= 15 is 0 Å². The van der Waals surface area contributed by atoms with Crippen molar-refractivity contribution >= 4 is 0 Å². The van der Waals surface area contributed by atoms with E-state index in [0.717, 1.165) is 18.9 Å². The van der Waals surface area contributed by atoms with Crippen molar-refractivity contribution in [2.24, 2.45) is 11.8 Å². The van der Waals surface area contributed by atoms with Crippen molar-refractivity contribution in [2.45, 2.75) is 71.4 Å². The number of rotatable bonds is 7. The molecule has 1 fully saturated rings. The van der Waals surface area contributed by atoms with E-state index in [1.807, 2.05) is 6.92 Å². The lowest BCUT2D eigenvalue weighted by atomic mass is 9.81. The van der Waals surface area contributed by atoms with Crippen LogP contribution in [-0.4, -0.2) is 23.3 Å². The van der Waals surface area contributed by atoms with Crippen LogP contribution in [0.1, 0.15) is 59.8 Å². The Morgan fingerprint density at radius 2 is 2.00 bits per heavy atom. The normalized spacial score (nSPS) is 24.6. The third-order valence-electron chi connectivity index (χ3n) is 4.39. The molecule has 1 rings (SSSR count). The lowest BCUT2D eigenvalue weighted by Crippen LogP contribution is -2.46. The second kappa shape index (κ2) is 6.02. The van der Waals surface area contributed by atoms with Crippen LogP contribution in [0.25, 0.3) is 0 Å². The van der Waals surface area contributed by atoms with E-state index in [1.54, 1.807) is 0 Å². The monoisotopic (exact) mass is 227 g/mol. The Hall–Kier alpha value is -0.0800. The largest absolute Gasteiger partial charge is 0.389 e. The molecule has 0 bridgehead atoms. The summed E-state index contributed by atoms with van der Waals surface area (Å²) in [5.41, 5.74) is -0.567. The molecule has 1 aliphatic carbocycles. The third kappa shape index (κ3) is 4.06. The molecular formula is C14H29NO. The highest BCUT2D eigenvalue weighted by Crippen LogP contribution is 2.30. The summed E-state index contributed by atoms with van der Waals surface area (Å²) >= 11 is 0. The number of hydrogen-bond acceptors (Lipinski definition) is 2. The Morgan fingerprint density at radius 1 is 1.38 bits per heavy atom. The van der Waals surface area contributed by atoms with E-state index in [-0.39, 0.29) is 0 Å². The molecule has 0 aromatic carbocycles. The van der Waals surface area contributed by atoms with E-state index < -0.39 is 5.60 Å². The fourth-order valence-electron chi connectivity index (χ4n) is 2.31. The van der Waals surface area contributed by atoms with Gasteiger partial charge in [-0.3, -0.25) is 0 Å². The van der Waals surface area contributed by atoms with Crippen LogP contribution in [0.15, 0.2) is 0 Å². The minimum absolute atomic E-state index is 0.357. The summed E-state index contributed by atoms with van der Waals surface area (Å²) in [4.78, 5) is 0. The van der Waals surface area contributed by atoms with Crippen LogP contribution >= 0.6 is 0 Å². The Bertz CT molecular complexity index is 199. The summed E-state index contributed by atoms with van der Waals surface area (Å²) in [6.45, 7) is 9.17. The maximum Gasteiger partial charge on any atom is 0.0768 e.